The summed E-state index contributed by atoms with van der Waals surface area (Å²) < 4.78 is 10.4. The van der Waals surface area contributed by atoms with Gasteiger partial charge in [0.05, 0.1) is 31.8 Å². The van der Waals surface area contributed by atoms with Crippen molar-refractivity contribution >= 4 is 64.3 Å². The number of phenolic OH excluding ortho intramolecular Hbond substituents is 1. The quantitative estimate of drug-likeness (QED) is 0.0588. The average Bonchev–Trinajstić information content (AvgIpc) is 3.80. The number of rotatable bonds is 16. The van der Waals surface area contributed by atoms with Crippen LogP contribution in [0.5, 0.6) is 23.1 Å². The average molecular weight is 870 g/mol. The van der Waals surface area contributed by atoms with Gasteiger partial charge in [-0.1, -0.05) is 12.1 Å². The zero-order valence-electron chi connectivity index (χ0n) is 34.1. The fourth-order valence-corrected chi connectivity index (χ4v) is 5.99. The highest BCUT2D eigenvalue weighted by molar-refractivity contribution is 6.08. The van der Waals surface area contributed by atoms with Crippen molar-refractivity contribution in [3.8, 4) is 23.1 Å². The number of carbonyl (C=O) groups is 6. The summed E-state index contributed by atoms with van der Waals surface area (Å²) in [5, 5.41) is 52.7. The van der Waals surface area contributed by atoms with Gasteiger partial charge in [0.25, 0.3) is 23.6 Å². The number of ether oxygens (including phenoxy) is 2. The van der Waals surface area contributed by atoms with Crippen LogP contribution in [-0.2, 0) is 16.0 Å². The minimum Gasteiger partial charge on any atom is -0.508 e. The molecule has 20 heteroatoms. The molecule has 6 aromatic rings. The van der Waals surface area contributed by atoms with Gasteiger partial charge in [-0.25, -0.2) is 9.78 Å². The van der Waals surface area contributed by atoms with Crippen molar-refractivity contribution in [3.05, 3.63) is 142 Å². The molecule has 0 bridgehead atoms. The lowest BCUT2D eigenvalue weighted by molar-refractivity contribution is -0.118. The van der Waals surface area contributed by atoms with E-state index in [2.05, 4.69) is 47.0 Å². The van der Waals surface area contributed by atoms with Crippen LogP contribution in [-0.4, -0.2) is 91.5 Å². The number of carboxylic acid groups (broad SMARTS) is 1. The number of aromatic amines is 1. The Bertz CT molecular complexity index is 2740. The molecule has 0 radical (unpaired) electrons. The van der Waals surface area contributed by atoms with Gasteiger partial charge in [0.2, 0.25) is 11.8 Å². The number of hydrogen-bond donors (Lipinski definition) is 9. The number of aromatic hydroxyl groups is 2. The van der Waals surface area contributed by atoms with E-state index in [9.17, 15) is 44.1 Å². The molecule has 64 heavy (non-hydrogen) atoms. The fourth-order valence-electron chi connectivity index (χ4n) is 5.99. The maximum atomic E-state index is 13.6. The van der Waals surface area contributed by atoms with Crippen molar-refractivity contribution in [1.29, 1.82) is 0 Å². The number of phenols is 2. The number of aromatic carboxylic acids is 1. The second-order valence-electron chi connectivity index (χ2n) is 13.7. The predicted octanol–water partition coefficient (Wildman–Crippen LogP) is 4.85. The Labute approximate surface area is 363 Å². The maximum Gasteiger partial charge on any atom is 0.339 e. The second kappa shape index (κ2) is 20.0. The number of carboxylic acids is 1. The number of anilines is 4. The van der Waals surface area contributed by atoms with E-state index in [1.807, 2.05) is 0 Å². The van der Waals surface area contributed by atoms with Crippen molar-refractivity contribution in [2.45, 2.75) is 19.4 Å². The van der Waals surface area contributed by atoms with E-state index in [1.165, 1.54) is 87.1 Å². The fraction of sp³-hybridized carbons (Fsp3) is 0.114. The van der Waals surface area contributed by atoms with Crippen LogP contribution < -0.4 is 36.1 Å². The minimum atomic E-state index is -1.40. The Kier molecular flexibility index (Phi) is 13.9. The lowest BCUT2D eigenvalue weighted by atomic mass is 10.1. The molecule has 0 spiro atoms. The number of nitrogens with one attached hydrogen (secondary N) is 6. The van der Waals surface area contributed by atoms with Crippen molar-refractivity contribution < 1.29 is 53.6 Å². The van der Waals surface area contributed by atoms with Crippen LogP contribution in [0.25, 0.3) is 6.08 Å². The first-order valence-electron chi connectivity index (χ1n) is 19.0. The Balaban J connectivity index is 1.07. The van der Waals surface area contributed by atoms with Crippen molar-refractivity contribution in [2.75, 3.05) is 35.5 Å². The van der Waals surface area contributed by atoms with E-state index in [0.717, 1.165) is 11.6 Å². The Morgan fingerprint density at radius 1 is 0.719 bits per heavy atom. The number of methoxy groups -OCH3 is 2. The summed E-state index contributed by atoms with van der Waals surface area (Å²) in [5.74, 6) is -5.25. The molecule has 0 aliphatic heterocycles. The lowest BCUT2D eigenvalue weighted by Gasteiger charge is -2.18. The van der Waals surface area contributed by atoms with Crippen LogP contribution in [0.2, 0.25) is 0 Å². The molecule has 6 rings (SSSR count). The summed E-state index contributed by atoms with van der Waals surface area (Å²) in [6.07, 6.45) is 3.05. The third-order valence-corrected chi connectivity index (χ3v) is 9.30. The normalized spacial score (nSPS) is 11.4. The largest absolute Gasteiger partial charge is 0.508 e. The number of hydrogen-bond acceptors (Lipinski definition) is 13. The highest BCUT2D eigenvalue weighted by atomic mass is 16.5. The van der Waals surface area contributed by atoms with Gasteiger partial charge >= 0.3 is 5.97 Å². The van der Waals surface area contributed by atoms with E-state index in [4.69, 9.17) is 9.47 Å². The summed E-state index contributed by atoms with van der Waals surface area (Å²) in [6, 6.07) is 22.2. The van der Waals surface area contributed by atoms with E-state index in [1.54, 1.807) is 37.3 Å². The topological polar surface area (TPSA) is 296 Å². The molecule has 4 aromatic carbocycles. The zero-order valence-corrected chi connectivity index (χ0v) is 34.1. The van der Waals surface area contributed by atoms with Gasteiger partial charge in [0, 0.05) is 34.5 Å². The van der Waals surface area contributed by atoms with Crippen molar-refractivity contribution in [2.24, 2.45) is 0 Å². The smallest absolute Gasteiger partial charge is 0.339 e. The highest BCUT2D eigenvalue weighted by Gasteiger charge is 2.25. The van der Waals surface area contributed by atoms with Crippen LogP contribution in [0.4, 0.5) is 22.7 Å². The number of amides is 5. The molecule has 0 saturated heterocycles. The first-order chi connectivity index (χ1) is 30.7. The van der Waals surface area contributed by atoms with Gasteiger partial charge in [0.1, 0.15) is 28.7 Å². The molecule has 1 atom stereocenters. The van der Waals surface area contributed by atoms with Gasteiger partial charge in [-0.15, -0.1) is 0 Å². The van der Waals surface area contributed by atoms with E-state index < -0.39 is 47.0 Å². The molecule has 0 aliphatic carbocycles. The molecule has 0 saturated carbocycles. The minimum absolute atomic E-state index is 0.0245. The number of benzene rings is 4. The Morgan fingerprint density at radius 2 is 1.34 bits per heavy atom. The Morgan fingerprint density at radius 3 is 1.95 bits per heavy atom. The standard InChI is InChI=1S/C44H39N9O11/c1-23(20-24-4-14-30(54)15-5-24)38(56)46-27-10-6-26(7-11-27)40(58)50-35(21-29-22-45-53-52-29)42(60)47-28-12-8-25(9-13-28)39(57)49-34-19-18-33(51-43(34)64-3)41(59)48-32-17-16-31(44(61)62)36(55)37(32)63-2/h4-20,22,35,54-55H,21H2,1-3H3,(H,46,56)(H,47,60)(H,48,59)(H,49,57)(H,50,58)(H,61,62)(H,45,52,53)/b23-20+/t35-/m0/s1. The van der Waals surface area contributed by atoms with Gasteiger partial charge in [-0.3, -0.25) is 24.0 Å². The van der Waals surface area contributed by atoms with E-state index in [0.29, 0.717) is 22.6 Å². The van der Waals surface area contributed by atoms with Gasteiger partial charge in [-0.05, 0) is 103 Å². The summed E-state index contributed by atoms with van der Waals surface area (Å²) >= 11 is 0. The molecule has 0 unspecified atom stereocenters. The summed E-state index contributed by atoms with van der Waals surface area (Å²) in [5.41, 5.74) is 2.15. The van der Waals surface area contributed by atoms with Crippen LogP contribution in [0.15, 0.2) is 109 Å². The summed E-state index contributed by atoms with van der Waals surface area (Å²) in [4.78, 5) is 81.5. The lowest BCUT2D eigenvalue weighted by Crippen LogP contribution is -2.45. The van der Waals surface area contributed by atoms with Crippen molar-refractivity contribution in [3.63, 3.8) is 0 Å². The molecule has 0 aliphatic rings. The number of H-pyrrole nitrogens is 1. The number of nitrogens with zero attached hydrogens (tertiary/aromatic N) is 3. The SMILES string of the molecule is COc1nc(C(=O)Nc2ccc(C(=O)O)c(O)c2OC)ccc1NC(=O)c1ccc(NC(=O)[C@H](Cc2cn[nH]n2)NC(=O)c2ccc(NC(=O)/C(C)=C/c3ccc(O)cc3)cc2)cc1. The molecule has 2 heterocycles. The van der Waals surface area contributed by atoms with Gasteiger partial charge in [-0.2, -0.15) is 15.4 Å². The zero-order chi connectivity index (χ0) is 45.9. The van der Waals surface area contributed by atoms with Crippen LogP contribution in [0, 0.1) is 0 Å². The summed E-state index contributed by atoms with van der Waals surface area (Å²) in [6.45, 7) is 1.64. The second-order valence-corrected chi connectivity index (χ2v) is 13.7. The molecule has 5 amide bonds. The molecule has 0 fully saturated rings. The summed E-state index contributed by atoms with van der Waals surface area (Å²) in [7, 11) is 2.47. The van der Waals surface area contributed by atoms with E-state index in [-0.39, 0.29) is 57.9 Å². The van der Waals surface area contributed by atoms with Crippen molar-refractivity contribution in [1.82, 2.24) is 25.7 Å². The predicted molar refractivity (Wildman–Crippen MR) is 232 cm³/mol. The van der Waals surface area contributed by atoms with Gasteiger partial charge < -0.3 is 51.4 Å². The third kappa shape index (κ3) is 11.0. The number of aromatic nitrogens is 4. The first-order valence-corrected chi connectivity index (χ1v) is 19.0. The van der Waals surface area contributed by atoms with E-state index >= 15 is 0 Å². The van der Waals surface area contributed by atoms with Crippen LogP contribution >= 0.6 is 0 Å². The highest BCUT2D eigenvalue weighted by Crippen LogP contribution is 2.37. The van der Waals surface area contributed by atoms with Gasteiger partial charge in [0.15, 0.2) is 11.5 Å². The maximum absolute atomic E-state index is 13.6. The number of pyridine rings is 1. The molecule has 9 N–H and O–H groups in total. The molecular formula is C44H39N9O11. The Hall–Kier alpha value is -9.07. The monoisotopic (exact) mass is 869 g/mol. The first kappa shape index (κ1) is 44.5. The van der Waals surface area contributed by atoms with Crippen LogP contribution in [0.1, 0.15) is 59.7 Å². The number of carbonyl (C=O) groups excluding carboxylic acids is 5. The molecular weight excluding hydrogens is 831 g/mol. The van der Waals surface area contributed by atoms with Crippen LogP contribution in [0.3, 0.4) is 0 Å². The molecule has 326 valence electrons. The molecule has 20 nitrogen and oxygen atoms in total. The molecule has 2 aromatic heterocycles. The third-order valence-electron chi connectivity index (χ3n) is 9.30.